The number of hydrogen-bond donors (Lipinski definition) is 1. The minimum absolute atomic E-state index is 0.127. The molecule has 0 atom stereocenters. The molecule has 1 heterocycles. The van der Waals surface area contributed by atoms with Crippen LogP contribution in [0.25, 0.3) is 0 Å². The molecule has 0 radical (unpaired) electrons. The van der Waals surface area contributed by atoms with Crippen molar-refractivity contribution in [3.05, 3.63) is 71.3 Å². The summed E-state index contributed by atoms with van der Waals surface area (Å²) in [6.07, 6.45) is 0. The lowest BCUT2D eigenvalue weighted by Gasteiger charge is -2.42. The van der Waals surface area contributed by atoms with E-state index in [-0.39, 0.29) is 5.41 Å². The average Bonchev–Trinajstić information content (AvgIpc) is 2.39. The van der Waals surface area contributed by atoms with Gasteiger partial charge in [0, 0.05) is 0 Å². The fourth-order valence-electron chi connectivity index (χ4n) is 2.50. The highest BCUT2D eigenvalue weighted by atomic mass is 16.5. The van der Waals surface area contributed by atoms with Crippen molar-refractivity contribution < 1.29 is 14.6 Å². The summed E-state index contributed by atoms with van der Waals surface area (Å²) in [5, 5.41) is 8.94. The SMILES string of the molecule is O=C(O)c1ccc(C2(c3ccccc3)COC2)cc1. The molecule has 3 rings (SSSR count). The molecule has 0 spiro atoms. The van der Waals surface area contributed by atoms with Crippen LogP contribution in [0.4, 0.5) is 0 Å². The van der Waals surface area contributed by atoms with E-state index < -0.39 is 5.97 Å². The largest absolute Gasteiger partial charge is 0.478 e. The van der Waals surface area contributed by atoms with Gasteiger partial charge in [-0.1, -0.05) is 42.5 Å². The van der Waals surface area contributed by atoms with Gasteiger partial charge in [-0.15, -0.1) is 0 Å². The van der Waals surface area contributed by atoms with Crippen molar-refractivity contribution >= 4 is 5.97 Å². The number of benzene rings is 2. The summed E-state index contributed by atoms with van der Waals surface area (Å²) in [6.45, 7) is 1.28. The smallest absolute Gasteiger partial charge is 0.335 e. The van der Waals surface area contributed by atoms with Gasteiger partial charge >= 0.3 is 5.97 Å². The van der Waals surface area contributed by atoms with Gasteiger partial charge in [-0.05, 0) is 23.3 Å². The van der Waals surface area contributed by atoms with Gasteiger partial charge in [0.25, 0.3) is 0 Å². The summed E-state index contributed by atoms with van der Waals surface area (Å²) in [5.41, 5.74) is 2.50. The summed E-state index contributed by atoms with van der Waals surface area (Å²) in [4.78, 5) is 10.9. The molecule has 0 unspecified atom stereocenters. The highest BCUT2D eigenvalue weighted by Crippen LogP contribution is 2.39. The molecule has 0 aromatic heterocycles. The van der Waals surface area contributed by atoms with E-state index in [1.54, 1.807) is 12.1 Å². The summed E-state index contributed by atoms with van der Waals surface area (Å²) >= 11 is 0. The van der Waals surface area contributed by atoms with E-state index in [9.17, 15) is 4.79 Å². The molecular weight excluding hydrogens is 240 g/mol. The maximum atomic E-state index is 10.9. The van der Waals surface area contributed by atoms with Gasteiger partial charge in [0.05, 0.1) is 24.2 Å². The molecule has 1 aliphatic heterocycles. The van der Waals surface area contributed by atoms with E-state index in [0.717, 1.165) is 5.56 Å². The van der Waals surface area contributed by atoms with Crippen LogP contribution in [0.3, 0.4) is 0 Å². The second-order valence-electron chi connectivity index (χ2n) is 4.82. The van der Waals surface area contributed by atoms with Crippen molar-refractivity contribution in [2.75, 3.05) is 13.2 Å². The third-order valence-corrected chi connectivity index (χ3v) is 3.71. The Labute approximate surface area is 111 Å². The Bertz CT molecular complexity index is 583. The lowest BCUT2D eigenvalue weighted by molar-refractivity contribution is -0.0379. The topological polar surface area (TPSA) is 46.5 Å². The average molecular weight is 254 g/mol. The predicted octanol–water partition coefficient (Wildman–Crippen LogP) is 2.70. The van der Waals surface area contributed by atoms with Crippen LogP contribution in [-0.4, -0.2) is 24.3 Å². The predicted molar refractivity (Wildman–Crippen MR) is 71.4 cm³/mol. The first-order valence-electron chi connectivity index (χ1n) is 6.19. The molecular formula is C16H14O3. The Balaban J connectivity index is 2.01. The van der Waals surface area contributed by atoms with Crippen LogP contribution in [-0.2, 0) is 10.2 Å². The van der Waals surface area contributed by atoms with Gasteiger partial charge in [0.1, 0.15) is 0 Å². The van der Waals surface area contributed by atoms with Crippen molar-refractivity contribution in [3.63, 3.8) is 0 Å². The lowest BCUT2D eigenvalue weighted by Crippen LogP contribution is -2.47. The van der Waals surface area contributed by atoms with Crippen LogP contribution in [0.5, 0.6) is 0 Å². The molecule has 1 aliphatic rings. The highest BCUT2D eigenvalue weighted by molar-refractivity contribution is 5.87. The zero-order valence-electron chi connectivity index (χ0n) is 10.4. The summed E-state index contributed by atoms with van der Waals surface area (Å²) < 4.78 is 5.41. The van der Waals surface area contributed by atoms with Crippen LogP contribution in [0.2, 0.25) is 0 Å². The molecule has 0 saturated carbocycles. The Morgan fingerprint density at radius 3 is 2.00 bits per heavy atom. The van der Waals surface area contributed by atoms with Crippen molar-refractivity contribution in [1.29, 1.82) is 0 Å². The summed E-state index contributed by atoms with van der Waals surface area (Å²) in [5.74, 6) is -0.898. The number of carbonyl (C=O) groups is 1. The third kappa shape index (κ3) is 1.92. The zero-order chi connectivity index (χ0) is 13.3. The number of hydrogen-bond acceptors (Lipinski definition) is 2. The maximum Gasteiger partial charge on any atom is 0.335 e. The Morgan fingerprint density at radius 2 is 1.53 bits per heavy atom. The van der Waals surface area contributed by atoms with Crippen molar-refractivity contribution in [3.8, 4) is 0 Å². The first-order chi connectivity index (χ1) is 9.22. The monoisotopic (exact) mass is 254 g/mol. The van der Waals surface area contributed by atoms with Gasteiger partial charge in [0.2, 0.25) is 0 Å². The Hall–Kier alpha value is -2.13. The molecule has 1 saturated heterocycles. The molecule has 1 fully saturated rings. The number of aromatic carboxylic acids is 1. The van der Waals surface area contributed by atoms with Crippen LogP contribution in [0, 0.1) is 0 Å². The van der Waals surface area contributed by atoms with Gasteiger partial charge in [-0.2, -0.15) is 0 Å². The summed E-state index contributed by atoms with van der Waals surface area (Å²) in [7, 11) is 0. The second kappa shape index (κ2) is 4.52. The fourth-order valence-corrected chi connectivity index (χ4v) is 2.50. The molecule has 0 bridgehead atoms. The second-order valence-corrected chi connectivity index (χ2v) is 4.82. The first-order valence-corrected chi connectivity index (χ1v) is 6.19. The van der Waals surface area contributed by atoms with E-state index in [2.05, 4.69) is 12.1 Å². The normalized spacial score (nSPS) is 16.6. The fraction of sp³-hybridized carbons (Fsp3) is 0.188. The molecule has 0 aliphatic carbocycles. The molecule has 3 nitrogen and oxygen atoms in total. The third-order valence-electron chi connectivity index (χ3n) is 3.71. The minimum atomic E-state index is -0.898. The van der Waals surface area contributed by atoms with Crippen LogP contribution in [0.15, 0.2) is 54.6 Å². The van der Waals surface area contributed by atoms with Crippen LogP contribution in [0.1, 0.15) is 21.5 Å². The maximum absolute atomic E-state index is 10.9. The molecule has 2 aromatic rings. The van der Waals surface area contributed by atoms with Gasteiger partial charge in [0.15, 0.2) is 0 Å². The number of carboxylic acids is 1. The van der Waals surface area contributed by atoms with E-state index in [0.29, 0.717) is 18.8 Å². The lowest BCUT2D eigenvalue weighted by atomic mass is 9.73. The summed E-state index contributed by atoms with van der Waals surface area (Å²) in [6, 6.07) is 17.3. The van der Waals surface area contributed by atoms with Crippen molar-refractivity contribution in [2.45, 2.75) is 5.41 Å². The van der Waals surface area contributed by atoms with Gasteiger partial charge in [-0.3, -0.25) is 0 Å². The quantitative estimate of drug-likeness (QED) is 0.916. The zero-order valence-corrected chi connectivity index (χ0v) is 10.4. The number of carboxylic acid groups (broad SMARTS) is 1. The standard InChI is InChI=1S/C16H14O3/c17-15(18)12-6-8-14(9-7-12)16(10-19-11-16)13-4-2-1-3-5-13/h1-9H,10-11H2,(H,17,18). The van der Waals surface area contributed by atoms with Crippen molar-refractivity contribution in [2.24, 2.45) is 0 Å². The van der Waals surface area contributed by atoms with E-state index >= 15 is 0 Å². The Kier molecular flexibility index (Phi) is 2.84. The van der Waals surface area contributed by atoms with Gasteiger partial charge < -0.3 is 9.84 Å². The molecule has 1 N–H and O–H groups in total. The minimum Gasteiger partial charge on any atom is -0.478 e. The van der Waals surface area contributed by atoms with Crippen LogP contribution < -0.4 is 0 Å². The van der Waals surface area contributed by atoms with Crippen molar-refractivity contribution in [1.82, 2.24) is 0 Å². The first kappa shape index (κ1) is 11.9. The van der Waals surface area contributed by atoms with E-state index in [1.807, 2.05) is 30.3 Å². The number of ether oxygens (including phenoxy) is 1. The molecule has 3 heteroatoms. The van der Waals surface area contributed by atoms with Gasteiger partial charge in [-0.25, -0.2) is 4.79 Å². The van der Waals surface area contributed by atoms with Crippen LogP contribution >= 0.6 is 0 Å². The molecule has 0 amide bonds. The molecule has 96 valence electrons. The molecule has 2 aromatic carbocycles. The highest BCUT2D eigenvalue weighted by Gasteiger charge is 2.41. The molecule has 19 heavy (non-hydrogen) atoms. The number of rotatable bonds is 3. The Morgan fingerprint density at radius 1 is 0.947 bits per heavy atom. The van der Waals surface area contributed by atoms with E-state index in [1.165, 1.54) is 5.56 Å². The van der Waals surface area contributed by atoms with E-state index in [4.69, 9.17) is 9.84 Å².